The molecule has 0 radical (unpaired) electrons. The Balaban J connectivity index is 1.61. The van der Waals surface area contributed by atoms with Gasteiger partial charge in [-0.05, 0) is 25.2 Å². The summed E-state index contributed by atoms with van der Waals surface area (Å²) in [6, 6.07) is -0.596. The van der Waals surface area contributed by atoms with E-state index in [-0.39, 0.29) is 12.5 Å². The van der Waals surface area contributed by atoms with Gasteiger partial charge in [0, 0.05) is 39.1 Å². The molecule has 1 aromatic rings. The zero-order chi connectivity index (χ0) is 17.9. The van der Waals surface area contributed by atoms with Crippen LogP contribution in [0, 0.1) is 5.92 Å². The van der Waals surface area contributed by atoms with Gasteiger partial charge in [0.15, 0.2) is 5.54 Å². The smallest absolute Gasteiger partial charge is 0.322 e. The van der Waals surface area contributed by atoms with Crippen molar-refractivity contribution in [2.24, 2.45) is 13.0 Å². The first-order valence-electron chi connectivity index (χ1n) is 8.47. The van der Waals surface area contributed by atoms with Crippen LogP contribution >= 0.6 is 0 Å². The molecule has 136 valence electrons. The van der Waals surface area contributed by atoms with Crippen molar-refractivity contribution in [3.05, 3.63) is 18.2 Å². The van der Waals surface area contributed by atoms with Gasteiger partial charge in [0.05, 0.1) is 6.54 Å². The van der Waals surface area contributed by atoms with Crippen LogP contribution in [0.25, 0.3) is 0 Å². The second kappa shape index (κ2) is 7.22. The number of nitrogens with one attached hydrogen (secondary N) is 3. The van der Waals surface area contributed by atoms with Crippen LogP contribution in [0.2, 0.25) is 0 Å². The number of imidazole rings is 1. The lowest BCUT2D eigenvalue weighted by atomic mass is 9.96. The van der Waals surface area contributed by atoms with Gasteiger partial charge in [-0.2, -0.15) is 0 Å². The summed E-state index contributed by atoms with van der Waals surface area (Å²) in [5.74, 6) is 0.0928. The van der Waals surface area contributed by atoms with Crippen molar-refractivity contribution in [3.63, 3.8) is 0 Å². The molecule has 0 aromatic carbocycles. The molecule has 3 rings (SSSR count). The van der Waals surface area contributed by atoms with E-state index in [0.717, 1.165) is 25.9 Å². The number of nitrogens with zero attached hydrogens (tertiary/aromatic N) is 2. The third-order valence-electron chi connectivity index (χ3n) is 4.73. The number of rotatable bonds is 6. The van der Waals surface area contributed by atoms with Crippen molar-refractivity contribution in [3.8, 4) is 0 Å². The van der Waals surface area contributed by atoms with E-state index in [1.54, 1.807) is 24.0 Å². The number of carbonyl (C=O) groups is 3. The van der Waals surface area contributed by atoms with E-state index in [9.17, 15) is 14.4 Å². The predicted octanol–water partition coefficient (Wildman–Crippen LogP) is -0.222. The molecule has 2 saturated heterocycles. The molecule has 2 fully saturated rings. The number of urea groups is 1. The van der Waals surface area contributed by atoms with Gasteiger partial charge in [-0.3, -0.25) is 14.9 Å². The van der Waals surface area contributed by atoms with Crippen LogP contribution in [0.1, 0.15) is 31.5 Å². The van der Waals surface area contributed by atoms with Crippen LogP contribution in [0.3, 0.4) is 0 Å². The molecule has 0 saturated carbocycles. The fourth-order valence-corrected chi connectivity index (χ4v) is 3.32. The number of ether oxygens (including phenoxy) is 1. The fourth-order valence-electron chi connectivity index (χ4n) is 3.32. The molecule has 2 aliphatic heterocycles. The first-order valence-corrected chi connectivity index (χ1v) is 8.47. The van der Waals surface area contributed by atoms with E-state index in [4.69, 9.17) is 4.74 Å². The van der Waals surface area contributed by atoms with E-state index in [0.29, 0.717) is 24.8 Å². The highest BCUT2D eigenvalue weighted by atomic mass is 16.5. The minimum Gasteiger partial charge on any atom is -0.381 e. The number of amides is 4. The van der Waals surface area contributed by atoms with Gasteiger partial charge in [0.25, 0.3) is 5.91 Å². The highest BCUT2D eigenvalue weighted by molar-refractivity contribution is 6.07. The summed E-state index contributed by atoms with van der Waals surface area (Å²) in [6.07, 6.45) is 6.43. The Morgan fingerprint density at radius 2 is 2.36 bits per heavy atom. The van der Waals surface area contributed by atoms with Crippen molar-refractivity contribution in [2.75, 3.05) is 19.8 Å². The number of hydrogen-bond donors (Lipinski definition) is 3. The largest absolute Gasteiger partial charge is 0.381 e. The van der Waals surface area contributed by atoms with Gasteiger partial charge < -0.3 is 19.9 Å². The quantitative estimate of drug-likeness (QED) is 0.614. The van der Waals surface area contributed by atoms with Crippen LogP contribution in [0.5, 0.6) is 0 Å². The predicted molar refractivity (Wildman–Crippen MR) is 87.3 cm³/mol. The monoisotopic (exact) mass is 349 g/mol. The second-order valence-electron chi connectivity index (χ2n) is 6.57. The molecule has 2 aliphatic rings. The molecule has 9 nitrogen and oxygen atoms in total. The summed E-state index contributed by atoms with van der Waals surface area (Å²) in [7, 11) is 1.73. The summed E-state index contributed by atoms with van der Waals surface area (Å²) in [6.45, 7) is 1.45. The molecule has 0 bridgehead atoms. The molecule has 3 heterocycles. The Labute approximate surface area is 145 Å². The third kappa shape index (κ3) is 3.65. The Morgan fingerprint density at radius 1 is 1.52 bits per heavy atom. The van der Waals surface area contributed by atoms with Gasteiger partial charge in [-0.15, -0.1) is 0 Å². The Kier molecular flexibility index (Phi) is 5.03. The Bertz CT molecular complexity index is 667. The summed E-state index contributed by atoms with van der Waals surface area (Å²) < 4.78 is 7.07. The van der Waals surface area contributed by atoms with Gasteiger partial charge in [0.2, 0.25) is 5.91 Å². The maximum atomic E-state index is 12.4. The second-order valence-corrected chi connectivity index (χ2v) is 6.57. The van der Waals surface area contributed by atoms with E-state index < -0.39 is 17.5 Å². The van der Waals surface area contributed by atoms with E-state index in [1.165, 1.54) is 0 Å². The van der Waals surface area contributed by atoms with Gasteiger partial charge in [0.1, 0.15) is 5.82 Å². The number of hydrogen-bond acceptors (Lipinski definition) is 5. The average Bonchev–Trinajstić information content (AvgIpc) is 3.15. The van der Waals surface area contributed by atoms with Crippen LogP contribution in [0.15, 0.2) is 12.4 Å². The third-order valence-corrected chi connectivity index (χ3v) is 4.73. The summed E-state index contributed by atoms with van der Waals surface area (Å²) in [4.78, 5) is 40.4. The zero-order valence-electron chi connectivity index (χ0n) is 14.2. The Hall–Kier alpha value is -2.42. The number of imide groups is 1. The fraction of sp³-hybridized carbons (Fsp3) is 0.625. The lowest BCUT2D eigenvalue weighted by Gasteiger charge is -2.26. The van der Waals surface area contributed by atoms with E-state index >= 15 is 0 Å². The number of aromatic nitrogens is 2. The van der Waals surface area contributed by atoms with Gasteiger partial charge in [-0.25, -0.2) is 9.78 Å². The van der Waals surface area contributed by atoms with Crippen LogP contribution in [-0.2, 0) is 26.9 Å². The average molecular weight is 349 g/mol. The first kappa shape index (κ1) is 17.4. The topological polar surface area (TPSA) is 114 Å². The molecule has 9 heteroatoms. The van der Waals surface area contributed by atoms with Crippen LogP contribution in [0.4, 0.5) is 4.79 Å². The maximum absolute atomic E-state index is 12.4. The molecular weight excluding hydrogens is 326 g/mol. The van der Waals surface area contributed by atoms with Crippen molar-refractivity contribution >= 4 is 17.8 Å². The van der Waals surface area contributed by atoms with E-state index in [1.807, 2.05) is 0 Å². The molecule has 0 aliphatic carbocycles. The van der Waals surface area contributed by atoms with Crippen molar-refractivity contribution in [1.29, 1.82) is 0 Å². The molecule has 3 N–H and O–H groups in total. The number of aryl methyl sites for hydroxylation is 1. The van der Waals surface area contributed by atoms with Crippen LogP contribution < -0.4 is 16.0 Å². The molecule has 2 atom stereocenters. The number of carbonyl (C=O) groups excluding carboxylic acids is 3. The minimum atomic E-state index is -1.39. The lowest BCUT2D eigenvalue weighted by molar-refractivity contribution is -0.125. The molecule has 25 heavy (non-hydrogen) atoms. The van der Waals surface area contributed by atoms with Gasteiger partial charge >= 0.3 is 6.03 Å². The lowest BCUT2D eigenvalue weighted by Crippen LogP contribution is -2.54. The molecular formula is C16H23N5O4. The van der Waals surface area contributed by atoms with Gasteiger partial charge in [-0.1, -0.05) is 0 Å². The van der Waals surface area contributed by atoms with Crippen LogP contribution in [-0.4, -0.2) is 47.2 Å². The van der Waals surface area contributed by atoms with E-state index in [2.05, 4.69) is 20.9 Å². The first-order chi connectivity index (χ1) is 12.0. The molecule has 4 amide bonds. The van der Waals surface area contributed by atoms with Crippen molar-refractivity contribution in [1.82, 2.24) is 25.5 Å². The highest BCUT2D eigenvalue weighted by Gasteiger charge is 2.50. The maximum Gasteiger partial charge on any atom is 0.322 e. The van der Waals surface area contributed by atoms with Crippen molar-refractivity contribution < 1.29 is 19.1 Å². The molecule has 1 aromatic heterocycles. The standard InChI is InChI=1S/C16H23N5O4/c1-21-7-6-17-13(21)16(14(23)19-15(24)20-16)10-18-12(22)5-4-11-3-2-8-25-9-11/h6-7,11H,2-5,8-10H2,1H3,(H,18,22)(H2,19,20,23,24). The Morgan fingerprint density at radius 3 is 2.96 bits per heavy atom. The van der Waals surface area contributed by atoms with Crippen molar-refractivity contribution in [2.45, 2.75) is 31.2 Å². The SMILES string of the molecule is Cn1ccnc1C1(CNC(=O)CCC2CCCOC2)NC(=O)NC1=O. The summed E-state index contributed by atoms with van der Waals surface area (Å²) in [5.41, 5.74) is -1.39. The zero-order valence-corrected chi connectivity index (χ0v) is 14.2. The normalized spacial score (nSPS) is 26.2. The summed E-state index contributed by atoms with van der Waals surface area (Å²) in [5, 5.41) is 7.59. The summed E-state index contributed by atoms with van der Waals surface area (Å²) >= 11 is 0. The molecule has 2 unspecified atom stereocenters. The molecule has 0 spiro atoms. The minimum absolute atomic E-state index is 0.0462. The highest BCUT2D eigenvalue weighted by Crippen LogP contribution is 2.23.